The Morgan fingerprint density at radius 2 is 2.00 bits per heavy atom. The molecule has 0 aliphatic rings. The molecule has 4 nitrogen and oxygen atoms in total. The molecule has 5 heteroatoms. The van der Waals surface area contributed by atoms with Crippen LogP contribution in [-0.2, 0) is 11.2 Å². The molecule has 2 atom stereocenters. The zero-order valence-corrected chi connectivity index (χ0v) is 13.0. The van der Waals surface area contributed by atoms with Crippen LogP contribution in [0, 0.1) is 0 Å². The van der Waals surface area contributed by atoms with Crippen LogP contribution in [0.15, 0.2) is 30.3 Å². The second kappa shape index (κ2) is 8.95. The summed E-state index contributed by atoms with van der Waals surface area (Å²) in [5.41, 5.74) is 6.11. The third-order valence-electron chi connectivity index (χ3n) is 3.10. The van der Waals surface area contributed by atoms with Gasteiger partial charge in [0.1, 0.15) is 0 Å². The molecule has 0 saturated heterocycles. The summed E-state index contributed by atoms with van der Waals surface area (Å²) in [6, 6.07) is 9.70. The molecule has 0 fully saturated rings. The summed E-state index contributed by atoms with van der Waals surface area (Å²) in [5.74, 6) is -0.207. The van der Waals surface area contributed by atoms with E-state index in [2.05, 4.69) is 5.32 Å². The van der Waals surface area contributed by atoms with Crippen molar-refractivity contribution in [1.82, 2.24) is 5.32 Å². The minimum Gasteiger partial charge on any atom is -0.391 e. The summed E-state index contributed by atoms with van der Waals surface area (Å²) >= 11 is 0. The first-order chi connectivity index (χ1) is 8.95. The van der Waals surface area contributed by atoms with Gasteiger partial charge in [0, 0.05) is 13.0 Å². The summed E-state index contributed by atoms with van der Waals surface area (Å²) in [5, 5.41) is 12.6. The predicted molar refractivity (Wildman–Crippen MR) is 83.9 cm³/mol. The second-order valence-electron chi connectivity index (χ2n) is 5.22. The standard InChI is InChI=1S/C15H24N2O2.ClH/c1-3-9-15(2,16)14(19)17-11-13(18)10-12-7-5-4-6-8-12;/h4-8,13,18H,3,9-11,16H2,1-2H3,(H,17,19);1H. The molecule has 20 heavy (non-hydrogen) atoms. The highest BCUT2D eigenvalue weighted by molar-refractivity contribution is 5.85. The SMILES string of the molecule is CCCC(C)(N)C(=O)NCC(O)Cc1ccccc1.Cl. The zero-order chi connectivity index (χ0) is 14.3. The Kier molecular flexibility index (Phi) is 8.46. The van der Waals surface area contributed by atoms with Gasteiger partial charge in [-0.3, -0.25) is 4.79 Å². The average molecular weight is 301 g/mol. The molecule has 0 radical (unpaired) electrons. The van der Waals surface area contributed by atoms with Crippen molar-refractivity contribution in [3.8, 4) is 0 Å². The molecule has 0 spiro atoms. The Hall–Kier alpha value is -1.10. The largest absolute Gasteiger partial charge is 0.391 e. The topological polar surface area (TPSA) is 75.4 Å². The van der Waals surface area contributed by atoms with Gasteiger partial charge in [0.2, 0.25) is 5.91 Å². The molecule has 1 rings (SSSR count). The third-order valence-corrected chi connectivity index (χ3v) is 3.10. The molecule has 1 aromatic rings. The van der Waals surface area contributed by atoms with E-state index in [-0.39, 0.29) is 24.9 Å². The van der Waals surface area contributed by atoms with Crippen LogP contribution in [0.3, 0.4) is 0 Å². The van der Waals surface area contributed by atoms with E-state index in [0.717, 1.165) is 12.0 Å². The summed E-state index contributed by atoms with van der Waals surface area (Å²) in [4.78, 5) is 11.9. The highest BCUT2D eigenvalue weighted by Crippen LogP contribution is 2.08. The van der Waals surface area contributed by atoms with Crippen LogP contribution in [-0.4, -0.2) is 29.2 Å². The fourth-order valence-corrected chi connectivity index (χ4v) is 2.00. The number of halogens is 1. The summed E-state index contributed by atoms with van der Waals surface area (Å²) < 4.78 is 0. The number of nitrogens with one attached hydrogen (secondary N) is 1. The normalized spacial score (nSPS) is 14.8. The summed E-state index contributed by atoms with van der Waals surface area (Å²) in [7, 11) is 0. The van der Waals surface area contributed by atoms with Gasteiger partial charge in [0.25, 0.3) is 0 Å². The number of carbonyl (C=O) groups is 1. The Morgan fingerprint density at radius 1 is 1.40 bits per heavy atom. The van der Waals surface area contributed by atoms with Gasteiger partial charge < -0.3 is 16.2 Å². The van der Waals surface area contributed by atoms with E-state index < -0.39 is 11.6 Å². The first-order valence-corrected chi connectivity index (χ1v) is 6.75. The fraction of sp³-hybridized carbons (Fsp3) is 0.533. The van der Waals surface area contributed by atoms with Crippen molar-refractivity contribution in [2.24, 2.45) is 5.73 Å². The van der Waals surface area contributed by atoms with Crippen LogP contribution in [0.5, 0.6) is 0 Å². The molecule has 0 heterocycles. The van der Waals surface area contributed by atoms with Gasteiger partial charge in [0.15, 0.2) is 0 Å². The summed E-state index contributed by atoms with van der Waals surface area (Å²) in [6.07, 6.45) is 1.42. The highest BCUT2D eigenvalue weighted by atomic mass is 35.5. The lowest BCUT2D eigenvalue weighted by atomic mass is 9.96. The van der Waals surface area contributed by atoms with Crippen LogP contribution in [0.1, 0.15) is 32.3 Å². The Bertz CT molecular complexity index is 396. The Balaban J connectivity index is 0.00000361. The fourth-order valence-electron chi connectivity index (χ4n) is 2.00. The quantitative estimate of drug-likeness (QED) is 0.716. The molecule has 4 N–H and O–H groups in total. The molecule has 1 aromatic carbocycles. The first kappa shape index (κ1) is 18.9. The van der Waals surface area contributed by atoms with E-state index in [1.165, 1.54) is 0 Å². The van der Waals surface area contributed by atoms with Crippen LogP contribution in [0.2, 0.25) is 0 Å². The first-order valence-electron chi connectivity index (χ1n) is 6.75. The van der Waals surface area contributed by atoms with E-state index in [0.29, 0.717) is 12.8 Å². The second-order valence-corrected chi connectivity index (χ2v) is 5.22. The zero-order valence-electron chi connectivity index (χ0n) is 12.1. The van der Waals surface area contributed by atoms with Crippen LogP contribution in [0.4, 0.5) is 0 Å². The van der Waals surface area contributed by atoms with Crippen molar-refractivity contribution in [1.29, 1.82) is 0 Å². The maximum Gasteiger partial charge on any atom is 0.239 e. The molecule has 0 bridgehead atoms. The molecule has 1 amide bonds. The van der Waals surface area contributed by atoms with Crippen molar-refractivity contribution >= 4 is 18.3 Å². The van der Waals surface area contributed by atoms with E-state index >= 15 is 0 Å². The van der Waals surface area contributed by atoms with E-state index in [1.807, 2.05) is 37.3 Å². The number of aliphatic hydroxyl groups excluding tert-OH is 1. The van der Waals surface area contributed by atoms with Crippen molar-refractivity contribution in [3.63, 3.8) is 0 Å². The maximum atomic E-state index is 11.9. The minimum absolute atomic E-state index is 0. The molecular weight excluding hydrogens is 276 g/mol. The number of nitrogens with two attached hydrogens (primary N) is 1. The van der Waals surface area contributed by atoms with Gasteiger partial charge in [-0.1, -0.05) is 43.7 Å². The minimum atomic E-state index is -0.860. The van der Waals surface area contributed by atoms with Crippen molar-refractivity contribution in [2.75, 3.05) is 6.54 Å². The molecule has 114 valence electrons. The highest BCUT2D eigenvalue weighted by Gasteiger charge is 2.27. The number of benzene rings is 1. The molecule has 0 aliphatic carbocycles. The average Bonchev–Trinajstić information content (AvgIpc) is 2.37. The van der Waals surface area contributed by atoms with E-state index in [4.69, 9.17) is 5.73 Å². The lowest BCUT2D eigenvalue weighted by Gasteiger charge is -2.23. The van der Waals surface area contributed by atoms with Crippen molar-refractivity contribution in [2.45, 2.75) is 44.8 Å². The number of rotatable bonds is 7. The van der Waals surface area contributed by atoms with Gasteiger partial charge in [-0.15, -0.1) is 12.4 Å². The molecule has 0 aromatic heterocycles. The van der Waals surface area contributed by atoms with Crippen LogP contribution in [0.25, 0.3) is 0 Å². The number of aliphatic hydroxyl groups is 1. The number of amides is 1. The van der Waals surface area contributed by atoms with Gasteiger partial charge in [0.05, 0.1) is 11.6 Å². The van der Waals surface area contributed by atoms with E-state index in [9.17, 15) is 9.90 Å². The monoisotopic (exact) mass is 300 g/mol. The smallest absolute Gasteiger partial charge is 0.239 e. The van der Waals surface area contributed by atoms with Crippen LogP contribution >= 0.6 is 12.4 Å². The van der Waals surface area contributed by atoms with Gasteiger partial charge >= 0.3 is 0 Å². The Labute approximate surface area is 127 Å². The summed E-state index contributed by atoms with van der Waals surface area (Å²) in [6.45, 7) is 3.93. The van der Waals surface area contributed by atoms with E-state index in [1.54, 1.807) is 6.92 Å². The number of carbonyl (C=O) groups excluding carboxylic acids is 1. The maximum absolute atomic E-state index is 11.9. The number of hydrogen-bond acceptors (Lipinski definition) is 3. The van der Waals surface area contributed by atoms with Gasteiger partial charge in [-0.05, 0) is 18.9 Å². The van der Waals surface area contributed by atoms with Gasteiger partial charge in [-0.25, -0.2) is 0 Å². The molecule has 2 unspecified atom stereocenters. The predicted octanol–water partition coefficient (Wildman–Crippen LogP) is 1.65. The lowest BCUT2D eigenvalue weighted by molar-refractivity contribution is -0.126. The lowest BCUT2D eigenvalue weighted by Crippen LogP contribution is -2.52. The molecule has 0 aliphatic heterocycles. The van der Waals surface area contributed by atoms with Gasteiger partial charge in [-0.2, -0.15) is 0 Å². The third kappa shape index (κ3) is 6.37. The molecule has 0 saturated carbocycles. The number of hydrogen-bond donors (Lipinski definition) is 3. The Morgan fingerprint density at radius 3 is 2.55 bits per heavy atom. The van der Waals surface area contributed by atoms with Crippen molar-refractivity contribution < 1.29 is 9.90 Å². The molecular formula is C15H25ClN2O2. The van der Waals surface area contributed by atoms with Crippen molar-refractivity contribution in [3.05, 3.63) is 35.9 Å². The van der Waals surface area contributed by atoms with Crippen LogP contribution < -0.4 is 11.1 Å².